The van der Waals surface area contributed by atoms with Crippen LogP contribution in [0.25, 0.3) is 0 Å². The zero-order valence-corrected chi connectivity index (χ0v) is 11.0. The van der Waals surface area contributed by atoms with Crippen LogP contribution in [0.5, 0.6) is 0 Å². The minimum atomic E-state index is -0.398. The summed E-state index contributed by atoms with van der Waals surface area (Å²) >= 11 is 3.08. The van der Waals surface area contributed by atoms with Gasteiger partial charge in [0, 0.05) is 11.7 Å². The highest BCUT2D eigenvalue weighted by Crippen LogP contribution is 2.23. The Morgan fingerprint density at radius 3 is 2.62 bits per heavy atom. The Hall–Kier alpha value is -1.10. The van der Waals surface area contributed by atoms with Gasteiger partial charge in [0.25, 0.3) is 0 Å². The van der Waals surface area contributed by atoms with Gasteiger partial charge in [0.2, 0.25) is 0 Å². The average Bonchev–Trinajstić information content (AvgIpc) is 2.12. The van der Waals surface area contributed by atoms with E-state index in [4.69, 9.17) is 0 Å². The van der Waals surface area contributed by atoms with Crippen LogP contribution >= 0.6 is 15.9 Å². The van der Waals surface area contributed by atoms with Crippen molar-refractivity contribution in [1.29, 1.82) is 0 Å². The molecule has 0 unspecified atom stereocenters. The molecule has 1 rings (SSSR count). The molecule has 1 aromatic carbocycles. The Labute approximate surface area is 103 Å². The molecule has 0 aliphatic carbocycles. The summed E-state index contributed by atoms with van der Waals surface area (Å²) in [5.74, 6) is -0.398. The molecule has 0 saturated carbocycles. The molecule has 0 spiro atoms. The van der Waals surface area contributed by atoms with Crippen molar-refractivity contribution in [1.82, 2.24) is 5.32 Å². The van der Waals surface area contributed by atoms with Crippen molar-refractivity contribution in [2.24, 2.45) is 0 Å². The Bertz CT molecular complexity index is 407. The Morgan fingerprint density at radius 1 is 1.44 bits per heavy atom. The largest absolute Gasteiger partial charge is 0.336 e. The molecule has 0 aliphatic heterocycles. The summed E-state index contributed by atoms with van der Waals surface area (Å²) in [6.45, 7) is 5.51. The van der Waals surface area contributed by atoms with Crippen LogP contribution in [0.2, 0.25) is 0 Å². The SMILES string of the molecule is Cc1cc(Br)c(F)cc1NC(=O)NC(C)C. The lowest BCUT2D eigenvalue weighted by Gasteiger charge is -2.12. The number of aryl methyl sites for hydroxylation is 1. The van der Waals surface area contributed by atoms with E-state index in [0.717, 1.165) is 5.56 Å². The first-order chi connectivity index (χ1) is 7.40. The molecule has 0 aromatic heterocycles. The second kappa shape index (κ2) is 5.30. The van der Waals surface area contributed by atoms with Crippen LogP contribution in [0.4, 0.5) is 14.9 Å². The molecule has 0 bridgehead atoms. The summed E-state index contributed by atoms with van der Waals surface area (Å²) in [6.07, 6.45) is 0. The lowest BCUT2D eigenvalue weighted by Crippen LogP contribution is -2.34. The van der Waals surface area contributed by atoms with Crippen molar-refractivity contribution < 1.29 is 9.18 Å². The van der Waals surface area contributed by atoms with Gasteiger partial charge in [-0.1, -0.05) is 0 Å². The molecule has 0 radical (unpaired) electrons. The highest BCUT2D eigenvalue weighted by molar-refractivity contribution is 9.10. The Balaban J connectivity index is 2.81. The first-order valence-electron chi connectivity index (χ1n) is 4.93. The van der Waals surface area contributed by atoms with Crippen LogP contribution in [-0.2, 0) is 0 Å². The molecule has 88 valence electrons. The van der Waals surface area contributed by atoms with Gasteiger partial charge in [0.1, 0.15) is 5.82 Å². The van der Waals surface area contributed by atoms with E-state index in [1.807, 2.05) is 13.8 Å². The first-order valence-corrected chi connectivity index (χ1v) is 5.72. The van der Waals surface area contributed by atoms with Gasteiger partial charge in [-0.25, -0.2) is 9.18 Å². The molecule has 1 aromatic rings. The van der Waals surface area contributed by atoms with E-state index in [2.05, 4.69) is 26.6 Å². The monoisotopic (exact) mass is 288 g/mol. The van der Waals surface area contributed by atoms with E-state index >= 15 is 0 Å². The molecule has 2 amide bonds. The number of halogens is 2. The lowest BCUT2D eigenvalue weighted by molar-refractivity contribution is 0.250. The second-order valence-electron chi connectivity index (χ2n) is 3.83. The van der Waals surface area contributed by atoms with Crippen LogP contribution in [0, 0.1) is 12.7 Å². The smallest absolute Gasteiger partial charge is 0.319 e. The number of carbonyl (C=O) groups is 1. The van der Waals surface area contributed by atoms with Gasteiger partial charge >= 0.3 is 6.03 Å². The Kier molecular flexibility index (Phi) is 4.29. The van der Waals surface area contributed by atoms with Gasteiger partial charge in [-0.3, -0.25) is 0 Å². The molecule has 0 heterocycles. The van der Waals surface area contributed by atoms with Gasteiger partial charge in [0.15, 0.2) is 0 Å². The molecule has 0 atom stereocenters. The molecular weight excluding hydrogens is 275 g/mol. The first kappa shape index (κ1) is 13.0. The van der Waals surface area contributed by atoms with Crippen molar-refractivity contribution in [3.8, 4) is 0 Å². The van der Waals surface area contributed by atoms with Crippen molar-refractivity contribution in [3.63, 3.8) is 0 Å². The quantitative estimate of drug-likeness (QED) is 0.860. The number of amides is 2. The molecule has 0 saturated heterocycles. The lowest BCUT2D eigenvalue weighted by atomic mass is 10.2. The fraction of sp³-hybridized carbons (Fsp3) is 0.364. The van der Waals surface area contributed by atoms with Gasteiger partial charge in [-0.05, 0) is 54.4 Å². The summed E-state index contributed by atoms with van der Waals surface area (Å²) in [5.41, 5.74) is 1.27. The molecule has 5 heteroatoms. The van der Waals surface area contributed by atoms with E-state index in [1.54, 1.807) is 13.0 Å². The number of rotatable bonds is 2. The van der Waals surface area contributed by atoms with E-state index < -0.39 is 5.82 Å². The van der Waals surface area contributed by atoms with Crippen molar-refractivity contribution >= 4 is 27.6 Å². The summed E-state index contributed by atoms with van der Waals surface area (Å²) in [4.78, 5) is 11.4. The normalized spacial score (nSPS) is 10.4. The van der Waals surface area contributed by atoms with Gasteiger partial charge in [0.05, 0.1) is 4.47 Å². The predicted molar refractivity (Wildman–Crippen MR) is 66.1 cm³/mol. The fourth-order valence-electron chi connectivity index (χ4n) is 1.20. The maximum atomic E-state index is 13.3. The third-order valence-corrected chi connectivity index (χ3v) is 2.54. The van der Waals surface area contributed by atoms with Gasteiger partial charge in [-0.2, -0.15) is 0 Å². The number of hydrogen-bond donors (Lipinski definition) is 2. The number of nitrogens with one attached hydrogen (secondary N) is 2. The molecule has 0 fully saturated rings. The summed E-state index contributed by atoms with van der Waals surface area (Å²) in [6, 6.07) is 2.63. The van der Waals surface area contributed by atoms with Gasteiger partial charge < -0.3 is 10.6 Å². The van der Waals surface area contributed by atoms with Crippen LogP contribution in [0.3, 0.4) is 0 Å². The zero-order valence-electron chi connectivity index (χ0n) is 9.40. The van der Waals surface area contributed by atoms with Crippen LogP contribution in [0.15, 0.2) is 16.6 Å². The third kappa shape index (κ3) is 3.48. The van der Waals surface area contributed by atoms with Crippen LogP contribution in [0.1, 0.15) is 19.4 Å². The average molecular weight is 289 g/mol. The molecule has 2 N–H and O–H groups in total. The minimum Gasteiger partial charge on any atom is -0.336 e. The highest BCUT2D eigenvalue weighted by Gasteiger charge is 2.08. The van der Waals surface area contributed by atoms with E-state index in [0.29, 0.717) is 10.2 Å². The maximum absolute atomic E-state index is 13.3. The Morgan fingerprint density at radius 2 is 2.06 bits per heavy atom. The van der Waals surface area contributed by atoms with Crippen LogP contribution in [-0.4, -0.2) is 12.1 Å². The van der Waals surface area contributed by atoms with Crippen molar-refractivity contribution in [2.75, 3.05) is 5.32 Å². The van der Waals surface area contributed by atoms with Crippen molar-refractivity contribution in [2.45, 2.75) is 26.8 Å². The number of benzene rings is 1. The fourth-order valence-corrected chi connectivity index (χ4v) is 1.66. The van der Waals surface area contributed by atoms with E-state index in [9.17, 15) is 9.18 Å². The van der Waals surface area contributed by atoms with E-state index in [1.165, 1.54) is 6.07 Å². The number of urea groups is 1. The summed E-state index contributed by atoms with van der Waals surface area (Å²) in [5, 5.41) is 5.27. The molecule has 3 nitrogen and oxygen atoms in total. The predicted octanol–water partition coefficient (Wildman–Crippen LogP) is 3.43. The molecular formula is C11H14BrFN2O. The zero-order chi connectivity index (χ0) is 12.3. The number of anilines is 1. The topological polar surface area (TPSA) is 41.1 Å². The standard InChI is InChI=1S/C11H14BrFN2O/c1-6(2)14-11(16)15-10-5-9(13)8(12)4-7(10)3/h4-6H,1-3H3,(H2,14,15,16). The number of hydrogen-bond acceptors (Lipinski definition) is 1. The van der Waals surface area contributed by atoms with Crippen molar-refractivity contribution in [3.05, 3.63) is 28.0 Å². The van der Waals surface area contributed by atoms with Crippen LogP contribution < -0.4 is 10.6 Å². The maximum Gasteiger partial charge on any atom is 0.319 e. The van der Waals surface area contributed by atoms with E-state index in [-0.39, 0.29) is 12.1 Å². The van der Waals surface area contributed by atoms with Gasteiger partial charge in [-0.15, -0.1) is 0 Å². The summed E-state index contributed by atoms with van der Waals surface area (Å²) < 4.78 is 13.6. The molecule has 0 aliphatic rings. The summed E-state index contributed by atoms with van der Waals surface area (Å²) in [7, 11) is 0. The molecule has 16 heavy (non-hydrogen) atoms. The highest BCUT2D eigenvalue weighted by atomic mass is 79.9. The number of carbonyl (C=O) groups excluding carboxylic acids is 1. The third-order valence-electron chi connectivity index (χ3n) is 1.94. The second-order valence-corrected chi connectivity index (χ2v) is 4.69. The minimum absolute atomic E-state index is 0.0422.